The van der Waals surface area contributed by atoms with Gasteiger partial charge in [0, 0.05) is 16.7 Å². The van der Waals surface area contributed by atoms with Gasteiger partial charge in [0.2, 0.25) is 11.6 Å². The van der Waals surface area contributed by atoms with Crippen LogP contribution in [0, 0.1) is 10.1 Å². The van der Waals surface area contributed by atoms with Crippen LogP contribution in [0.25, 0.3) is 0 Å². The van der Waals surface area contributed by atoms with Crippen molar-refractivity contribution in [1.29, 1.82) is 0 Å². The second-order valence-corrected chi connectivity index (χ2v) is 6.64. The molecule has 0 atom stereocenters. The first-order valence-electron chi connectivity index (χ1n) is 8.65. The van der Waals surface area contributed by atoms with E-state index in [9.17, 15) is 14.9 Å². The number of carbonyl (C=O) groups is 1. The highest BCUT2D eigenvalue weighted by atomic mass is 79.9. The van der Waals surface area contributed by atoms with Crippen LogP contribution < -0.4 is 15.8 Å². The van der Waals surface area contributed by atoms with Gasteiger partial charge in [-0.05, 0) is 47.1 Å². The zero-order valence-corrected chi connectivity index (χ0v) is 17.0. The van der Waals surface area contributed by atoms with Crippen LogP contribution in [-0.2, 0) is 0 Å². The van der Waals surface area contributed by atoms with Crippen LogP contribution in [0.1, 0.15) is 17.3 Å². The third kappa shape index (κ3) is 4.49. The number of aromatic nitrogens is 2. The Hall–Kier alpha value is -3.53. The van der Waals surface area contributed by atoms with Crippen molar-refractivity contribution < 1.29 is 9.72 Å². The maximum atomic E-state index is 12.4. The fourth-order valence-corrected chi connectivity index (χ4v) is 3.18. The molecule has 0 aliphatic carbocycles. The van der Waals surface area contributed by atoms with Gasteiger partial charge in [-0.15, -0.1) is 0 Å². The van der Waals surface area contributed by atoms with Crippen molar-refractivity contribution in [2.45, 2.75) is 6.92 Å². The third-order valence-electron chi connectivity index (χ3n) is 4.04. The van der Waals surface area contributed by atoms with Gasteiger partial charge < -0.3 is 4.90 Å². The Morgan fingerprint density at radius 3 is 2.48 bits per heavy atom. The lowest BCUT2D eigenvalue weighted by Gasteiger charge is -2.22. The van der Waals surface area contributed by atoms with Gasteiger partial charge >= 0.3 is 5.69 Å². The fraction of sp³-hybridized carbons (Fsp3) is 0.105. The average molecular weight is 457 g/mol. The van der Waals surface area contributed by atoms with Gasteiger partial charge in [0.15, 0.2) is 0 Å². The number of hydrogen-bond acceptors (Lipinski definition) is 7. The first-order valence-corrected chi connectivity index (χ1v) is 9.45. The predicted octanol–water partition coefficient (Wildman–Crippen LogP) is 4.06. The minimum absolute atomic E-state index is 0.116. The van der Waals surface area contributed by atoms with E-state index in [0.29, 0.717) is 16.6 Å². The lowest BCUT2D eigenvalue weighted by atomic mass is 10.2. The number of benzene rings is 2. The SMILES string of the molecule is CCN(c1ccccc1)c1ncnc(NNC(=O)c2ccccc2Br)c1[N+](=O)[O-]. The molecule has 0 saturated carbocycles. The molecule has 1 aromatic heterocycles. The van der Waals surface area contributed by atoms with E-state index in [1.807, 2.05) is 37.3 Å². The Bertz CT molecular complexity index is 1030. The minimum atomic E-state index is -0.576. The molecule has 0 bridgehead atoms. The molecule has 2 aromatic carbocycles. The minimum Gasteiger partial charge on any atom is -0.321 e. The van der Waals surface area contributed by atoms with Crippen LogP contribution in [-0.4, -0.2) is 27.3 Å². The summed E-state index contributed by atoms with van der Waals surface area (Å²) in [5.74, 6) is -0.464. The summed E-state index contributed by atoms with van der Waals surface area (Å²) in [5.41, 5.74) is 5.77. The summed E-state index contributed by atoms with van der Waals surface area (Å²) in [6.07, 6.45) is 1.21. The molecule has 1 amide bonds. The van der Waals surface area contributed by atoms with E-state index < -0.39 is 10.8 Å². The Morgan fingerprint density at radius 1 is 1.14 bits per heavy atom. The molecule has 1 heterocycles. The van der Waals surface area contributed by atoms with Crippen molar-refractivity contribution in [2.24, 2.45) is 0 Å². The number of nitro groups is 1. The Morgan fingerprint density at radius 2 is 1.83 bits per heavy atom. The summed E-state index contributed by atoms with van der Waals surface area (Å²) in [4.78, 5) is 33.4. The average Bonchev–Trinajstić information content (AvgIpc) is 2.73. The highest BCUT2D eigenvalue weighted by molar-refractivity contribution is 9.10. The number of hydrazine groups is 1. The standard InChI is InChI=1S/C19H17BrN6O3/c1-2-25(13-8-4-3-5-9-13)18-16(26(28)29)17(21-12-22-18)23-24-19(27)14-10-6-7-11-15(14)20/h3-12H,2H2,1H3,(H,24,27)(H,21,22,23). The normalized spacial score (nSPS) is 10.3. The van der Waals surface area contributed by atoms with Crippen molar-refractivity contribution in [3.63, 3.8) is 0 Å². The zero-order chi connectivity index (χ0) is 20.8. The molecule has 2 N–H and O–H groups in total. The van der Waals surface area contributed by atoms with E-state index >= 15 is 0 Å². The van der Waals surface area contributed by atoms with Crippen LogP contribution in [0.2, 0.25) is 0 Å². The molecule has 0 spiro atoms. The number of nitrogens with zero attached hydrogens (tertiary/aromatic N) is 4. The Kier molecular flexibility index (Phi) is 6.35. The van der Waals surface area contributed by atoms with Crippen LogP contribution in [0.5, 0.6) is 0 Å². The Balaban J connectivity index is 1.92. The molecule has 3 aromatic rings. The van der Waals surface area contributed by atoms with E-state index in [1.165, 1.54) is 6.33 Å². The van der Waals surface area contributed by atoms with E-state index in [1.54, 1.807) is 29.2 Å². The van der Waals surface area contributed by atoms with Crippen LogP contribution in [0.3, 0.4) is 0 Å². The number of anilines is 3. The molecular weight excluding hydrogens is 440 g/mol. The molecule has 0 aliphatic heterocycles. The topological polar surface area (TPSA) is 113 Å². The highest BCUT2D eigenvalue weighted by Gasteiger charge is 2.27. The smallest absolute Gasteiger partial charge is 0.321 e. The van der Waals surface area contributed by atoms with E-state index in [-0.39, 0.29) is 17.3 Å². The lowest BCUT2D eigenvalue weighted by Crippen LogP contribution is -2.31. The molecule has 0 unspecified atom stereocenters. The molecule has 0 radical (unpaired) electrons. The van der Waals surface area contributed by atoms with Crippen molar-refractivity contribution in [2.75, 3.05) is 16.9 Å². The number of halogens is 1. The largest absolute Gasteiger partial charge is 0.355 e. The van der Waals surface area contributed by atoms with Crippen LogP contribution >= 0.6 is 15.9 Å². The van der Waals surface area contributed by atoms with E-state index in [0.717, 1.165) is 5.69 Å². The first-order chi connectivity index (χ1) is 14.0. The Labute approximate surface area is 175 Å². The summed E-state index contributed by atoms with van der Waals surface area (Å²) in [6, 6.07) is 16.0. The van der Waals surface area contributed by atoms with E-state index in [4.69, 9.17) is 0 Å². The molecular formula is C19H17BrN6O3. The summed E-state index contributed by atoms with van der Waals surface area (Å²) >= 11 is 3.30. The molecule has 0 fully saturated rings. The molecule has 148 valence electrons. The number of para-hydroxylation sites is 1. The van der Waals surface area contributed by atoms with Crippen molar-refractivity contribution in [1.82, 2.24) is 15.4 Å². The summed E-state index contributed by atoms with van der Waals surface area (Å²) in [5, 5.41) is 11.8. The number of nitrogens with one attached hydrogen (secondary N) is 2. The third-order valence-corrected chi connectivity index (χ3v) is 4.73. The molecule has 10 heteroatoms. The highest BCUT2D eigenvalue weighted by Crippen LogP contribution is 2.35. The van der Waals surface area contributed by atoms with Crippen LogP contribution in [0.15, 0.2) is 65.4 Å². The predicted molar refractivity (Wildman–Crippen MR) is 113 cm³/mol. The van der Waals surface area contributed by atoms with Crippen molar-refractivity contribution in [3.05, 3.63) is 81.1 Å². The second-order valence-electron chi connectivity index (χ2n) is 5.79. The van der Waals surface area contributed by atoms with Gasteiger partial charge in [-0.3, -0.25) is 25.8 Å². The summed E-state index contributed by atoms with van der Waals surface area (Å²) in [7, 11) is 0. The van der Waals surface area contributed by atoms with Gasteiger partial charge in [0.25, 0.3) is 5.91 Å². The maximum absolute atomic E-state index is 12.4. The van der Waals surface area contributed by atoms with Gasteiger partial charge in [0.05, 0.1) is 10.5 Å². The first kappa shape index (κ1) is 20.2. The van der Waals surface area contributed by atoms with Gasteiger partial charge in [0.1, 0.15) is 6.33 Å². The summed E-state index contributed by atoms with van der Waals surface area (Å²) < 4.78 is 0.596. The molecule has 29 heavy (non-hydrogen) atoms. The monoisotopic (exact) mass is 456 g/mol. The van der Waals surface area contributed by atoms with Gasteiger partial charge in [-0.25, -0.2) is 9.97 Å². The van der Waals surface area contributed by atoms with Gasteiger partial charge in [-0.2, -0.15) is 0 Å². The number of amides is 1. The van der Waals surface area contributed by atoms with Crippen molar-refractivity contribution in [3.8, 4) is 0 Å². The molecule has 0 aliphatic rings. The quantitative estimate of drug-likeness (QED) is 0.406. The maximum Gasteiger partial charge on any atom is 0.355 e. The number of rotatable bonds is 7. The molecule has 0 saturated heterocycles. The number of hydrogen-bond donors (Lipinski definition) is 2. The number of carbonyl (C=O) groups excluding carboxylic acids is 1. The lowest BCUT2D eigenvalue weighted by molar-refractivity contribution is -0.383. The van der Waals surface area contributed by atoms with E-state index in [2.05, 4.69) is 36.7 Å². The van der Waals surface area contributed by atoms with Gasteiger partial charge in [-0.1, -0.05) is 30.3 Å². The molecule has 3 rings (SSSR count). The molecule has 9 nitrogen and oxygen atoms in total. The van der Waals surface area contributed by atoms with Crippen LogP contribution in [0.4, 0.5) is 23.0 Å². The van der Waals surface area contributed by atoms with Crippen molar-refractivity contribution >= 4 is 44.8 Å². The zero-order valence-electron chi connectivity index (χ0n) is 15.4. The second kappa shape index (κ2) is 9.11. The fourth-order valence-electron chi connectivity index (χ4n) is 2.72. The summed E-state index contributed by atoms with van der Waals surface area (Å²) in [6.45, 7) is 2.31.